The van der Waals surface area contributed by atoms with Crippen LogP contribution in [-0.4, -0.2) is 26.7 Å². The molecule has 0 radical (unpaired) electrons. The van der Waals surface area contributed by atoms with Crippen molar-refractivity contribution in [3.63, 3.8) is 0 Å². The molecule has 1 aromatic carbocycles. The Morgan fingerprint density at radius 2 is 1.95 bits per heavy atom. The Morgan fingerprint density at radius 3 is 2.48 bits per heavy atom. The van der Waals surface area contributed by atoms with Crippen molar-refractivity contribution in [2.75, 3.05) is 5.75 Å². The summed E-state index contributed by atoms with van der Waals surface area (Å²) in [6.45, 7) is 0. The third kappa shape index (κ3) is 4.28. The number of non-ortho nitro benzene ring substituents is 1. The molecule has 0 saturated heterocycles. The number of carbonyl (C=O) groups is 1. The Bertz CT molecular complexity index is 584. The SMILES string of the molecule is O=C(O)c1ccc(SCCc2ccc([N+](=O)[O-])cc2)nc1. The first-order chi connectivity index (χ1) is 10.1. The topological polar surface area (TPSA) is 93.3 Å². The number of thioether (sulfide) groups is 1. The fourth-order valence-corrected chi connectivity index (χ4v) is 2.49. The van der Waals surface area contributed by atoms with Crippen molar-refractivity contribution >= 4 is 23.4 Å². The molecule has 2 rings (SSSR count). The van der Waals surface area contributed by atoms with Gasteiger partial charge in [-0.05, 0) is 24.1 Å². The lowest BCUT2D eigenvalue weighted by Gasteiger charge is -2.02. The number of rotatable bonds is 6. The smallest absolute Gasteiger partial charge is 0.337 e. The summed E-state index contributed by atoms with van der Waals surface area (Å²) in [7, 11) is 0. The molecule has 0 aliphatic rings. The van der Waals surface area contributed by atoms with E-state index >= 15 is 0 Å². The third-order valence-electron chi connectivity index (χ3n) is 2.77. The Balaban J connectivity index is 1.86. The minimum absolute atomic E-state index is 0.0809. The van der Waals surface area contributed by atoms with E-state index < -0.39 is 10.9 Å². The van der Waals surface area contributed by atoms with E-state index in [-0.39, 0.29) is 11.3 Å². The van der Waals surface area contributed by atoms with Crippen LogP contribution in [0.2, 0.25) is 0 Å². The summed E-state index contributed by atoms with van der Waals surface area (Å²) < 4.78 is 0. The van der Waals surface area contributed by atoms with Crippen molar-refractivity contribution in [2.45, 2.75) is 11.4 Å². The third-order valence-corrected chi connectivity index (χ3v) is 3.72. The Kier molecular flexibility index (Phi) is 4.89. The van der Waals surface area contributed by atoms with Crippen LogP contribution in [0.25, 0.3) is 0 Å². The number of aromatic carboxylic acids is 1. The van der Waals surface area contributed by atoms with Gasteiger partial charge in [-0.2, -0.15) is 0 Å². The first-order valence-corrected chi connectivity index (χ1v) is 7.10. The van der Waals surface area contributed by atoms with Crippen molar-refractivity contribution < 1.29 is 14.8 Å². The number of carboxylic acids is 1. The Labute approximate surface area is 125 Å². The lowest BCUT2D eigenvalue weighted by atomic mass is 10.1. The van der Waals surface area contributed by atoms with Crippen LogP contribution in [0.4, 0.5) is 5.69 Å². The fraction of sp³-hybridized carbons (Fsp3) is 0.143. The van der Waals surface area contributed by atoms with Gasteiger partial charge in [0, 0.05) is 24.1 Å². The van der Waals surface area contributed by atoms with Crippen LogP contribution in [0.3, 0.4) is 0 Å². The van der Waals surface area contributed by atoms with E-state index in [1.165, 1.54) is 36.2 Å². The summed E-state index contributed by atoms with van der Waals surface area (Å²) in [5.41, 5.74) is 1.25. The quantitative estimate of drug-likeness (QED) is 0.501. The highest BCUT2D eigenvalue weighted by atomic mass is 32.2. The minimum Gasteiger partial charge on any atom is -0.478 e. The normalized spacial score (nSPS) is 10.3. The molecule has 0 fully saturated rings. The van der Waals surface area contributed by atoms with E-state index in [2.05, 4.69) is 4.98 Å². The highest BCUT2D eigenvalue weighted by Crippen LogP contribution is 2.18. The summed E-state index contributed by atoms with van der Waals surface area (Å²) >= 11 is 1.51. The van der Waals surface area contributed by atoms with Gasteiger partial charge in [-0.15, -0.1) is 11.8 Å². The summed E-state index contributed by atoms with van der Waals surface area (Å²) in [6, 6.07) is 9.63. The van der Waals surface area contributed by atoms with E-state index in [0.717, 1.165) is 22.8 Å². The van der Waals surface area contributed by atoms with Gasteiger partial charge in [-0.25, -0.2) is 9.78 Å². The van der Waals surface area contributed by atoms with E-state index in [1.807, 2.05) is 0 Å². The zero-order valence-corrected chi connectivity index (χ0v) is 11.7. The molecule has 0 bridgehead atoms. The van der Waals surface area contributed by atoms with Gasteiger partial charge >= 0.3 is 5.97 Å². The minimum atomic E-state index is -0.995. The number of carboxylic acid groups (broad SMARTS) is 1. The lowest BCUT2D eigenvalue weighted by Crippen LogP contribution is -1.97. The molecule has 6 nitrogen and oxygen atoms in total. The van der Waals surface area contributed by atoms with Crippen LogP contribution in [0.15, 0.2) is 47.6 Å². The zero-order valence-electron chi connectivity index (χ0n) is 10.9. The maximum Gasteiger partial charge on any atom is 0.337 e. The van der Waals surface area contributed by atoms with Crippen molar-refractivity contribution in [2.24, 2.45) is 0 Å². The number of hydrogen-bond acceptors (Lipinski definition) is 5. The van der Waals surface area contributed by atoms with Gasteiger partial charge in [0.15, 0.2) is 0 Å². The second kappa shape index (κ2) is 6.85. The number of aromatic nitrogens is 1. The van der Waals surface area contributed by atoms with Crippen molar-refractivity contribution in [1.29, 1.82) is 0 Å². The zero-order chi connectivity index (χ0) is 15.2. The van der Waals surface area contributed by atoms with Gasteiger partial charge in [0.05, 0.1) is 15.5 Å². The van der Waals surface area contributed by atoms with Crippen LogP contribution in [0, 0.1) is 10.1 Å². The molecule has 0 unspecified atom stereocenters. The molecule has 7 heteroatoms. The van der Waals surface area contributed by atoms with Crippen molar-refractivity contribution in [3.8, 4) is 0 Å². The number of nitro groups is 1. The average molecular weight is 304 g/mol. The molecule has 0 atom stereocenters. The average Bonchev–Trinajstić information content (AvgIpc) is 2.48. The molecular weight excluding hydrogens is 292 g/mol. The van der Waals surface area contributed by atoms with E-state index in [4.69, 9.17) is 5.11 Å². The molecule has 2 aromatic rings. The number of aryl methyl sites for hydroxylation is 1. The predicted octanol–water partition coefficient (Wildman–Crippen LogP) is 3.02. The molecule has 1 N–H and O–H groups in total. The number of benzene rings is 1. The molecule has 0 amide bonds. The Morgan fingerprint density at radius 1 is 1.24 bits per heavy atom. The molecule has 1 heterocycles. The molecule has 0 aliphatic carbocycles. The van der Waals surface area contributed by atoms with Gasteiger partial charge in [0.1, 0.15) is 0 Å². The molecular formula is C14H12N2O4S. The van der Waals surface area contributed by atoms with Crippen LogP contribution >= 0.6 is 11.8 Å². The van der Waals surface area contributed by atoms with Gasteiger partial charge < -0.3 is 5.11 Å². The van der Waals surface area contributed by atoms with Gasteiger partial charge in [0.2, 0.25) is 0 Å². The monoisotopic (exact) mass is 304 g/mol. The van der Waals surface area contributed by atoms with E-state index in [0.29, 0.717) is 0 Å². The highest BCUT2D eigenvalue weighted by molar-refractivity contribution is 7.99. The van der Waals surface area contributed by atoms with Crippen LogP contribution in [0.5, 0.6) is 0 Å². The van der Waals surface area contributed by atoms with Gasteiger partial charge in [-0.1, -0.05) is 12.1 Å². The van der Waals surface area contributed by atoms with Crippen LogP contribution < -0.4 is 0 Å². The molecule has 0 aliphatic heterocycles. The standard InChI is InChI=1S/C14H12N2O4S/c17-14(18)11-3-6-13(15-9-11)21-8-7-10-1-4-12(5-2-10)16(19)20/h1-6,9H,7-8H2,(H,17,18). The Hall–Kier alpha value is -2.41. The first kappa shape index (κ1) is 15.0. The molecule has 1 aromatic heterocycles. The predicted molar refractivity (Wildman–Crippen MR) is 78.7 cm³/mol. The molecule has 108 valence electrons. The first-order valence-electron chi connectivity index (χ1n) is 6.12. The number of pyridine rings is 1. The number of hydrogen-bond donors (Lipinski definition) is 1. The second-order valence-electron chi connectivity index (χ2n) is 4.21. The van der Waals surface area contributed by atoms with Crippen molar-refractivity contribution in [1.82, 2.24) is 4.98 Å². The van der Waals surface area contributed by atoms with E-state index in [9.17, 15) is 14.9 Å². The maximum atomic E-state index is 10.7. The van der Waals surface area contributed by atoms with Crippen molar-refractivity contribution in [3.05, 3.63) is 63.8 Å². The summed E-state index contributed by atoms with van der Waals surface area (Å²) in [5.74, 6) is -0.234. The summed E-state index contributed by atoms with van der Waals surface area (Å²) in [5, 5.41) is 20.1. The maximum absolute atomic E-state index is 10.7. The number of nitrogens with zero attached hydrogens (tertiary/aromatic N) is 2. The van der Waals surface area contributed by atoms with Gasteiger partial charge in [-0.3, -0.25) is 10.1 Å². The second-order valence-corrected chi connectivity index (χ2v) is 5.33. The highest BCUT2D eigenvalue weighted by Gasteiger charge is 2.05. The summed E-state index contributed by atoms with van der Waals surface area (Å²) in [4.78, 5) is 24.9. The van der Waals surface area contributed by atoms with E-state index in [1.54, 1.807) is 18.2 Å². The molecule has 0 saturated carbocycles. The van der Waals surface area contributed by atoms with Crippen LogP contribution in [-0.2, 0) is 6.42 Å². The molecule has 0 spiro atoms. The summed E-state index contributed by atoms with van der Waals surface area (Å²) in [6.07, 6.45) is 2.08. The molecule has 21 heavy (non-hydrogen) atoms. The number of nitro benzene ring substituents is 1. The fourth-order valence-electron chi connectivity index (χ4n) is 1.65. The van der Waals surface area contributed by atoms with Gasteiger partial charge in [0.25, 0.3) is 5.69 Å². The van der Waals surface area contributed by atoms with Crippen LogP contribution in [0.1, 0.15) is 15.9 Å². The largest absolute Gasteiger partial charge is 0.478 e. The lowest BCUT2D eigenvalue weighted by molar-refractivity contribution is -0.384.